The summed E-state index contributed by atoms with van der Waals surface area (Å²) in [7, 11) is 0. The monoisotopic (exact) mass is 391 g/mol. The van der Waals surface area contributed by atoms with E-state index in [4.69, 9.17) is 0 Å². The highest BCUT2D eigenvalue weighted by Gasteiger charge is 2.14. The molecule has 0 aliphatic rings. The van der Waals surface area contributed by atoms with Crippen molar-refractivity contribution in [1.29, 1.82) is 0 Å². The minimum Gasteiger partial charge on any atom is -0.320 e. The van der Waals surface area contributed by atoms with Crippen LogP contribution in [0.2, 0.25) is 0 Å². The summed E-state index contributed by atoms with van der Waals surface area (Å²) in [6, 6.07) is 11.9. The van der Waals surface area contributed by atoms with Crippen LogP contribution in [-0.4, -0.2) is 26.2 Å². The molecule has 3 heterocycles. The van der Waals surface area contributed by atoms with Crippen molar-refractivity contribution in [3.05, 3.63) is 87.9 Å². The third-order valence-corrected chi connectivity index (χ3v) is 4.66. The standard InChI is InChI=1S/C19H13N5O3S/c25-16(12-4-2-1-3-5-12)23-15-7-6-13(10-20-15)22-17(26)14-11-21-19-24(18(14)27)8-9-28-19/h1-11H,(H,22,26)(H,20,23,25). The highest BCUT2D eigenvalue weighted by atomic mass is 32.1. The van der Waals surface area contributed by atoms with Crippen molar-refractivity contribution in [2.45, 2.75) is 0 Å². The van der Waals surface area contributed by atoms with E-state index in [1.54, 1.807) is 48.0 Å². The minimum atomic E-state index is -0.582. The van der Waals surface area contributed by atoms with Gasteiger partial charge in [0.15, 0.2) is 4.96 Å². The number of amides is 2. The molecule has 0 unspecified atom stereocenters. The summed E-state index contributed by atoms with van der Waals surface area (Å²) in [5.41, 5.74) is 0.386. The van der Waals surface area contributed by atoms with Crippen molar-refractivity contribution >= 4 is 39.6 Å². The average Bonchev–Trinajstić information content (AvgIpc) is 3.20. The van der Waals surface area contributed by atoms with Gasteiger partial charge in [0.1, 0.15) is 11.4 Å². The Morgan fingerprint density at radius 2 is 1.75 bits per heavy atom. The van der Waals surface area contributed by atoms with Gasteiger partial charge in [0.2, 0.25) is 0 Å². The van der Waals surface area contributed by atoms with Crippen LogP contribution in [0.4, 0.5) is 11.5 Å². The molecule has 1 aromatic carbocycles. The molecule has 2 N–H and O–H groups in total. The van der Waals surface area contributed by atoms with E-state index < -0.39 is 11.5 Å². The summed E-state index contributed by atoms with van der Waals surface area (Å²) >= 11 is 1.31. The minimum absolute atomic E-state index is 0.0719. The molecule has 3 aromatic heterocycles. The maximum atomic E-state index is 12.4. The number of hydrogen-bond donors (Lipinski definition) is 2. The largest absolute Gasteiger partial charge is 0.320 e. The van der Waals surface area contributed by atoms with Gasteiger partial charge < -0.3 is 10.6 Å². The van der Waals surface area contributed by atoms with Gasteiger partial charge in [-0.25, -0.2) is 9.97 Å². The number of fused-ring (bicyclic) bond motifs is 1. The maximum Gasteiger partial charge on any atom is 0.271 e. The number of anilines is 2. The molecule has 0 saturated heterocycles. The fourth-order valence-electron chi connectivity index (χ4n) is 2.50. The number of carbonyl (C=O) groups is 2. The maximum absolute atomic E-state index is 12.4. The lowest BCUT2D eigenvalue weighted by molar-refractivity contribution is 0.101. The fraction of sp³-hybridized carbons (Fsp3) is 0. The SMILES string of the molecule is O=C(Nc1ccc(NC(=O)c2cnc3sccn3c2=O)cn1)c1ccccc1. The van der Waals surface area contributed by atoms with Gasteiger partial charge >= 0.3 is 0 Å². The van der Waals surface area contributed by atoms with Crippen LogP contribution in [0.3, 0.4) is 0 Å². The molecule has 138 valence electrons. The predicted molar refractivity (Wildman–Crippen MR) is 106 cm³/mol. The number of nitrogens with one attached hydrogen (secondary N) is 2. The van der Waals surface area contributed by atoms with Crippen LogP contribution in [0.25, 0.3) is 4.96 Å². The summed E-state index contributed by atoms with van der Waals surface area (Å²) in [6.07, 6.45) is 4.22. The second-order valence-electron chi connectivity index (χ2n) is 5.74. The first-order valence-electron chi connectivity index (χ1n) is 8.20. The Morgan fingerprint density at radius 1 is 0.929 bits per heavy atom. The number of nitrogens with zero attached hydrogens (tertiary/aromatic N) is 3. The van der Waals surface area contributed by atoms with E-state index >= 15 is 0 Å². The van der Waals surface area contributed by atoms with E-state index in [1.165, 1.54) is 28.1 Å². The molecule has 0 saturated carbocycles. The number of aromatic nitrogens is 3. The molecule has 8 nitrogen and oxygen atoms in total. The normalized spacial score (nSPS) is 10.6. The predicted octanol–water partition coefficient (Wildman–Crippen LogP) is 2.66. The number of carbonyl (C=O) groups excluding carboxylic acids is 2. The quantitative estimate of drug-likeness (QED) is 0.556. The van der Waals surface area contributed by atoms with Gasteiger partial charge in [-0.05, 0) is 24.3 Å². The van der Waals surface area contributed by atoms with Gasteiger partial charge in [-0.1, -0.05) is 18.2 Å². The second kappa shape index (κ2) is 7.41. The topological polar surface area (TPSA) is 105 Å². The van der Waals surface area contributed by atoms with Crippen molar-refractivity contribution in [1.82, 2.24) is 14.4 Å². The van der Waals surface area contributed by atoms with Gasteiger partial charge in [-0.3, -0.25) is 18.8 Å². The number of rotatable bonds is 4. The third kappa shape index (κ3) is 3.51. The zero-order valence-electron chi connectivity index (χ0n) is 14.3. The lowest BCUT2D eigenvalue weighted by Gasteiger charge is -2.07. The smallest absolute Gasteiger partial charge is 0.271 e. The van der Waals surface area contributed by atoms with Crippen molar-refractivity contribution in [3.8, 4) is 0 Å². The van der Waals surface area contributed by atoms with Gasteiger partial charge in [0, 0.05) is 23.3 Å². The van der Waals surface area contributed by atoms with Crippen molar-refractivity contribution in [3.63, 3.8) is 0 Å². The first-order valence-corrected chi connectivity index (χ1v) is 9.08. The summed E-state index contributed by atoms with van der Waals surface area (Å²) in [5, 5.41) is 7.00. The molecule has 0 aliphatic carbocycles. The molecule has 2 amide bonds. The lowest BCUT2D eigenvalue weighted by atomic mass is 10.2. The molecule has 9 heteroatoms. The van der Waals surface area contributed by atoms with Crippen molar-refractivity contribution in [2.24, 2.45) is 0 Å². The molecule has 0 aliphatic heterocycles. The third-order valence-electron chi connectivity index (χ3n) is 3.89. The first kappa shape index (κ1) is 17.6. The lowest BCUT2D eigenvalue weighted by Crippen LogP contribution is -2.25. The molecule has 0 fully saturated rings. The van der Waals surface area contributed by atoms with Gasteiger partial charge in [0.05, 0.1) is 11.9 Å². The van der Waals surface area contributed by atoms with E-state index in [9.17, 15) is 14.4 Å². The summed E-state index contributed by atoms with van der Waals surface area (Å²) in [4.78, 5) is 45.6. The second-order valence-corrected chi connectivity index (χ2v) is 6.61. The zero-order valence-corrected chi connectivity index (χ0v) is 15.1. The molecular formula is C19H13N5O3S. The Hall–Kier alpha value is -3.85. The summed E-state index contributed by atoms with van der Waals surface area (Å²) in [5.74, 6) is -0.526. The summed E-state index contributed by atoms with van der Waals surface area (Å²) < 4.78 is 1.32. The molecule has 4 aromatic rings. The summed E-state index contributed by atoms with van der Waals surface area (Å²) in [6.45, 7) is 0. The molecule has 0 radical (unpaired) electrons. The fourth-order valence-corrected chi connectivity index (χ4v) is 3.17. The number of benzene rings is 1. The van der Waals surface area contributed by atoms with E-state index in [-0.39, 0.29) is 11.5 Å². The number of thiazole rings is 1. The van der Waals surface area contributed by atoms with Crippen molar-refractivity contribution in [2.75, 3.05) is 10.6 Å². The van der Waals surface area contributed by atoms with E-state index in [1.807, 2.05) is 6.07 Å². The van der Waals surface area contributed by atoms with E-state index in [0.29, 0.717) is 22.0 Å². The van der Waals surface area contributed by atoms with Crippen LogP contribution in [0, 0.1) is 0 Å². The van der Waals surface area contributed by atoms with Gasteiger partial charge in [-0.2, -0.15) is 0 Å². The van der Waals surface area contributed by atoms with E-state index in [2.05, 4.69) is 20.6 Å². The molecule has 0 atom stereocenters. The van der Waals surface area contributed by atoms with E-state index in [0.717, 1.165) is 0 Å². The van der Waals surface area contributed by atoms with Crippen molar-refractivity contribution < 1.29 is 9.59 Å². The van der Waals surface area contributed by atoms with Crippen LogP contribution in [0.15, 0.2) is 71.2 Å². The Kier molecular flexibility index (Phi) is 4.65. The van der Waals surface area contributed by atoms with Crippen LogP contribution in [0.1, 0.15) is 20.7 Å². The highest BCUT2D eigenvalue weighted by molar-refractivity contribution is 7.15. The van der Waals surface area contributed by atoms with Crippen LogP contribution in [0.5, 0.6) is 0 Å². The Balaban J connectivity index is 1.46. The van der Waals surface area contributed by atoms with Crippen LogP contribution < -0.4 is 16.2 Å². The van der Waals surface area contributed by atoms with Crippen LogP contribution in [-0.2, 0) is 0 Å². The molecule has 0 spiro atoms. The van der Waals surface area contributed by atoms with Crippen LogP contribution >= 0.6 is 11.3 Å². The Labute approximate surface area is 162 Å². The number of pyridine rings is 1. The average molecular weight is 391 g/mol. The number of hydrogen-bond acceptors (Lipinski definition) is 6. The van der Waals surface area contributed by atoms with Gasteiger partial charge in [0.25, 0.3) is 17.4 Å². The highest BCUT2D eigenvalue weighted by Crippen LogP contribution is 2.12. The Bertz CT molecular complexity index is 1220. The molecule has 4 rings (SSSR count). The zero-order chi connectivity index (χ0) is 19.5. The van der Waals surface area contributed by atoms with Gasteiger partial charge in [-0.15, -0.1) is 11.3 Å². The Morgan fingerprint density at radius 3 is 2.50 bits per heavy atom. The molecular weight excluding hydrogens is 378 g/mol. The molecule has 0 bridgehead atoms. The molecule has 28 heavy (non-hydrogen) atoms. The first-order chi connectivity index (χ1) is 13.6.